The molecular formula is C18H17N3. The molecule has 0 amide bonds. The Morgan fingerprint density at radius 2 is 2.05 bits per heavy atom. The lowest BCUT2D eigenvalue weighted by molar-refractivity contribution is 0.709. The van der Waals surface area contributed by atoms with Gasteiger partial charge >= 0.3 is 0 Å². The molecule has 2 bridgehead atoms. The Morgan fingerprint density at radius 1 is 1.24 bits per heavy atom. The van der Waals surface area contributed by atoms with Gasteiger partial charge in [0, 0.05) is 11.4 Å². The molecule has 0 aliphatic heterocycles. The van der Waals surface area contributed by atoms with Crippen molar-refractivity contribution in [3.8, 4) is 6.07 Å². The number of benzene rings is 1. The van der Waals surface area contributed by atoms with Gasteiger partial charge in [0.2, 0.25) is 0 Å². The van der Waals surface area contributed by atoms with E-state index in [-0.39, 0.29) is 0 Å². The van der Waals surface area contributed by atoms with Crippen LogP contribution in [0.25, 0.3) is 0 Å². The Bertz CT molecular complexity index is 758. The second kappa shape index (κ2) is 4.60. The fourth-order valence-electron chi connectivity index (χ4n) is 4.02. The highest BCUT2D eigenvalue weighted by molar-refractivity contribution is 5.68. The third-order valence-corrected chi connectivity index (χ3v) is 4.88. The van der Waals surface area contributed by atoms with Crippen molar-refractivity contribution in [3.63, 3.8) is 0 Å². The summed E-state index contributed by atoms with van der Waals surface area (Å²) in [6.45, 7) is 2.12. The number of pyridine rings is 1. The minimum Gasteiger partial charge on any atom is -0.354 e. The number of nitriles is 1. The molecule has 2 unspecified atom stereocenters. The SMILES string of the molecule is Cc1ncc(Nc2cccc(C#N)c2)c2c1C1CCC2C1. The van der Waals surface area contributed by atoms with E-state index in [0.29, 0.717) is 17.4 Å². The molecule has 3 heteroatoms. The van der Waals surface area contributed by atoms with Crippen LogP contribution in [0.5, 0.6) is 0 Å². The maximum absolute atomic E-state index is 9.02. The molecule has 2 aliphatic rings. The monoisotopic (exact) mass is 275 g/mol. The summed E-state index contributed by atoms with van der Waals surface area (Å²) >= 11 is 0. The number of rotatable bonds is 2. The normalized spacial score (nSPS) is 21.9. The van der Waals surface area contributed by atoms with E-state index >= 15 is 0 Å². The summed E-state index contributed by atoms with van der Waals surface area (Å²) in [5, 5.41) is 12.5. The van der Waals surface area contributed by atoms with Gasteiger partial charge in [-0.05, 0) is 67.3 Å². The fraction of sp³-hybridized carbons (Fsp3) is 0.333. The average molecular weight is 275 g/mol. The maximum Gasteiger partial charge on any atom is 0.0992 e. The average Bonchev–Trinajstić information content (AvgIpc) is 3.12. The van der Waals surface area contributed by atoms with Crippen molar-refractivity contribution in [3.05, 3.63) is 52.8 Å². The van der Waals surface area contributed by atoms with Crippen LogP contribution in [-0.4, -0.2) is 4.98 Å². The predicted molar refractivity (Wildman–Crippen MR) is 82.7 cm³/mol. The molecule has 2 atom stereocenters. The van der Waals surface area contributed by atoms with Crippen LogP contribution in [0.15, 0.2) is 30.5 Å². The minimum absolute atomic E-state index is 0.679. The zero-order valence-corrected chi connectivity index (χ0v) is 12.1. The fourth-order valence-corrected chi connectivity index (χ4v) is 4.02. The molecule has 104 valence electrons. The first-order valence-corrected chi connectivity index (χ1v) is 7.53. The third kappa shape index (κ3) is 1.91. The van der Waals surface area contributed by atoms with Crippen molar-refractivity contribution < 1.29 is 0 Å². The summed E-state index contributed by atoms with van der Waals surface area (Å²) in [4.78, 5) is 4.58. The summed E-state index contributed by atoms with van der Waals surface area (Å²) in [5.74, 6) is 1.40. The van der Waals surface area contributed by atoms with Gasteiger partial charge in [-0.15, -0.1) is 0 Å². The number of anilines is 2. The summed E-state index contributed by atoms with van der Waals surface area (Å²) in [7, 11) is 0. The standard InChI is InChI=1S/C18H17N3/c1-11-17-13-5-6-14(8-13)18(17)16(10-20-11)21-15-4-2-3-12(7-15)9-19/h2-4,7,10,13-14,21H,5-6,8H2,1H3. The Kier molecular flexibility index (Phi) is 2.71. The van der Waals surface area contributed by atoms with Crippen LogP contribution in [0.3, 0.4) is 0 Å². The Hall–Kier alpha value is -2.34. The summed E-state index contributed by atoms with van der Waals surface area (Å²) in [6.07, 6.45) is 5.85. The number of aromatic nitrogens is 1. The molecule has 21 heavy (non-hydrogen) atoms. The van der Waals surface area contributed by atoms with Gasteiger partial charge in [0.1, 0.15) is 0 Å². The largest absolute Gasteiger partial charge is 0.354 e. The van der Waals surface area contributed by atoms with E-state index in [1.54, 1.807) is 0 Å². The minimum atomic E-state index is 0.679. The first-order valence-electron chi connectivity index (χ1n) is 7.53. The lowest BCUT2D eigenvalue weighted by atomic mass is 9.90. The Labute approximate surface area is 124 Å². The smallest absolute Gasteiger partial charge is 0.0992 e. The molecular weight excluding hydrogens is 258 g/mol. The molecule has 1 heterocycles. The number of nitrogens with one attached hydrogen (secondary N) is 1. The lowest BCUT2D eigenvalue weighted by Gasteiger charge is -2.21. The van der Waals surface area contributed by atoms with E-state index in [4.69, 9.17) is 5.26 Å². The first kappa shape index (κ1) is 12.4. The molecule has 0 radical (unpaired) electrons. The van der Waals surface area contributed by atoms with E-state index in [2.05, 4.69) is 23.3 Å². The van der Waals surface area contributed by atoms with E-state index in [0.717, 1.165) is 11.4 Å². The highest BCUT2D eigenvalue weighted by Crippen LogP contribution is 2.56. The molecule has 1 aromatic heterocycles. The van der Waals surface area contributed by atoms with Crippen LogP contribution in [0, 0.1) is 18.3 Å². The number of fused-ring (bicyclic) bond motifs is 5. The summed E-state index contributed by atoms with van der Waals surface area (Å²) in [6, 6.07) is 9.81. The molecule has 3 nitrogen and oxygen atoms in total. The van der Waals surface area contributed by atoms with Gasteiger partial charge in [0.05, 0.1) is 23.5 Å². The van der Waals surface area contributed by atoms with Gasteiger partial charge in [-0.3, -0.25) is 4.98 Å². The van der Waals surface area contributed by atoms with Crippen molar-refractivity contribution in [2.24, 2.45) is 0 Å². The van der Waals surface area contributed by atoms with Crippen molar-refractivity contribution in [2.45, 2.75) is 38.0 Å². The number of nitrogens with zero attached hydrogens (tertiary/aromatic N) is 2. The van der Waals surface area contributed by atoms with Crippen LogP contribution >= 0.6 is 0 Å². The quantitative estimate of drug-likeness (QED) is 0.885. The first-order chi connectivity index (χ1) is 10.3. The molecule has 2 aliphatic carbocycles. The van der Waals surface area contributed by atoms with Gasteiger partial charge in [0.25, 0.3) is 0 Å². The van der Waals surface area contributed by atoms with Crippen molar-refractivity contribution >= 4 is 11.4 Å². The Balaban J connectivity index is 1.76. The van der Waals surface area contributed by atoms with E-state index in [9.17, 15) is 0 Å². The molecule has 2 aromatic rings. The molecule has 1 N–H and O–H groups in total. The van der Waals surface area contributed by atoms with Gasteiger partial charge < -0.3 is 5.32 Å². The van der Waals surface area contributed by atoms with Crippen LogP contribution in [0.2, 0.25) is 0 Å². The van der Waals surface area contributed by atoms with Crippen molar-refractivity contribution in [1.29, 1.82) is 5.26 Å². The zero-order chi connectivity index (χ0) is 14.4. The zero-order valence-electron chi connectivity index (χ0n) is 12.1. The topological polar surface area (TPSA) is 48.7 Å². The van der Waals surface area contributed by atoms with Crippen LogP contribution in [0.4, 0.5) is 11.4 Å². The number of aryl methyl sites for hydroxylation is 1. The predicted octanol–water partition coefficient (Wildman–Crippen LogP) is 4.37. The molecule has 1 saturated carbocycles. The lowest BCUT2D eigenvalue weighted by Crippen LogP contribution is -2.06. The summed E-state index contributed by atoms with van der Waals surface area (Å²) in [5.41, 5.74) is 6.91. The van der Waals surface area contributed by atoms with Crippen LogP contribution < -0.4 is 5.32 Å². The highest BCUT2D eigenvalue weighted by atomic mass is 14.9. The summed E-state index contributed by atoms with van der Waals surface area (Å²) < 4.78 is 0. The van der Waals surface area contributed by atoms with Gasteiger partial charge in [-0.1, -0.05) is 6.07 Å². The van der Waals surface area contributed by atoms with Gasteiger partial charge in [0.15, 0.2) is 0 Å². The maximum atomic E-state index is 9.02. The van der Waals surface area contributed by atoms with Crippen molar-refractivity contribution in [1.82, 2.24) is 4.98 Å². The molecule has 0 spiro atoms. The molecule has 0 saturated heterocycles. The van der Waals surface area contributed by atoms with Crippen LogP contribution in [-0.2, 0) is 0 Å². The van der Waals surface area contributed by atoms with Gasteiger partial charge in [-0.25, -0.2) is 0 Å². The molecule has 1 fully saturated rings. The second-order valence-electron chi connectivity index (χ2n) is 6.11. The van der Waals surface area contributed by atoms with E-state index in [1.807, 2.05) is 30.5 Å². The second-order valence-corrected chi connectivity index (χ2v) is 6.11. The highest BCUT2D eigenvalue weighted by Gasteiger charge is 2.39. The Morgan fingerprint density at radius 3 is 2.86 bits per heavy atom. The number of hydrogen-bond donors (Lipinski definition) is 1. The number of hydrogen-bond acceptors (Lipinski definition) is 3. The van der Waals surface area contributed by atoms with Crippen molar-refractivity contribution in [2.75, 3.05) is 5.32 Å². The van der Waals surface area contributed by atoms with E-state index < -0.39 is 0 Å². The van der Waals surface area contributed by atoms with Gasteiger partial charge in [-0.2, -0.15) is 5.26 Å². The van der Waals surface area contributed by atoms with E-state index in [1.165, 1.54) is 36.1 Å². The third-order valence-electron chi connectivity index (χ3n) is 4.88. The molecule has 1 aromatic carbocycles. The van der Waals surface area contributed by atoms with Crippen LogP contribution in [0.1, 0.15) is 53.5 Å². The molecule has 4 rings (SSSR count).